The molecule has 3 heterocycles. The zero-order valence-electron chi connectivity index (χ0n) is 12.3. The molecule has 0 aliphatic carbocycles. The number of carbonyl (C=O) groups is 1. The summed E-state index contributed by atoms with van der Waals surface area (Å²) in [4.78, 5) is 20.5. The summed E-state index contributed by atoms with van der Waals surface area (Å²) in [6.45, 7) is 2.54. The van der Waals surface area contributed by atoms with Crippen LogP contribution < -0.4 is 4.90 Å². The first-order valence-corrected chi connectivity index (χ1v) is 7.07. The number of aromatic nitrogens is 3. The smallest absolute Gasteiger partial charge is 0.257 e. The van der Waals surface area contributed by atoms with Gasteiger partial charge in [0.25, 0.3) is 5.91 Å². The highest BCUT2D eigenvalue weighted by Gasteiger charge is 2.24. The molecule has 7 heteroatoms. The fourth-order valence-corrected chi connectivity index (χ4v) is 2.57. The first-order chi connectivity index (χ1) is 10.7. The van der Waals surface area contributed by atoms with E-state index in [1.807, 2.05) is 9.80 Å². The van der Waals surface area contributed by atoms with Crippen LogP contribution in [-0.4, -0.2) is 51.8 Å². The SMILES string of the molecule is Cn1cc(C(=O)N2CCN(c3ncccc3C#N)CC2)cn1. The van der Waals surface area contributed by atoms with Crippen LogP contribution in [0.5, 0.6) is 0 Å². The predicted molar refractivity (Wildman–Crippen MR) is 80.3 cm³/mol. The Labute approximate surface area is 128 Å². The van der Waals surface area contributed by atoms with E-state index >= 15 is 0 Å². The van der Waals surface area contributed by atoms with Gasteiger partial charge in [-0.05, 0) is 12.1 Å². The Bertz CT molecular complexity index is 724. The first kappa shape index (κ1) is 14.1. The summed E-state index contributed by atoms with van der Waals surface area (Å²) in [5, 5.41) is 13.2. The summed E-state index contributed by atoms with van der Waals surface area (Å²) >= 11 is 0. The monoisotopic (exact) mass is 296 g/mol. The van der Waals surface area contributed by atoms with Gasteiger partial charge < -0.3 is 9.80 Å². The zero-order chi connectivity index (χ0) is 15.5. The molecule has 0 atom stereocenters. The topological polar surface area (TPSA) is 78.0 Å². The van der Waals surface area contributed by atoms with E-state index in [1.165, 1.54) is 0 Å². The van der Waals surface area contributed by atoms with Crippen LogP contribution in [0.1, 0.15) is 15.9 Å². The largest absolute Gasteiger partial charge is 0.352 e. The molecule has 3 rings (SSSR count). The number of piperazine rings is 1. The van der Waals surface area contributed by atoms with Crippen LogP contribution in [0.15, 0.2) is 30.7 Å². The van der Waals surface area contributed by atoms with E-state index in [4.69, 9.17) is 5.26 Å². The van der Waals surface area contributed by atoms with Crippen molar-refractivity contribution < 1.29 is 4.79 Å². The Morgan fingerprint density at radius 3 is 2.73 bits per heavy atom. The van der Waals surface area contributed by atoms with Crippen molar-refractivity contribution in [2.45, 2.75) is 0 Å². The number of nitrogens with zero attached hydrogens (tertiary/aromatic N) is 6. The van der Waals surface area contributed by atoms with Crippen LogP contribution in [0.4, 0.5) is 5.82 Å². The molecule has 0 spiro atoms. The van der Waals surface area contributed by atoms with Gasteiger partial charge in [-0.3, -0.25) is 9.48 Å². The summed E-state index contributed by atoms with van der Waals surface area (Å²) in [5.74, 6) is 0.688. The molecule has 7 nitrogen and oxygen atoms in total. The summed E-state index contributed by atoms with van der Waals surface area (Å²) in [5.41, 5.74) is 1.17. The van der Waals surface area contributed by atoms with Gasteiger partial charge in [0.15, 0.2) is 0 Å². The van der Waals surface area contributed by atoms with Gasteiger partial charge in [-0.15, -0.1) is 0 Å². The fourth-order valence-electron chi connectivity index (χ4n) is 2.57. The van der Waals surface area contributed by atoms with Crippen LogP contribution in [0.2, 0.25) is 0 Å². The van der Waals surface area contributed by atoms with Crippen molar-refractivity contribution in [2.75, 3.05) is 31.1 Å². The molecule has 0 radical (unpaired) electrons. The second-order valence-electron chi connectivity index (χ2n) is 5.17. The van der Waals surface area contributed by atoms with Gasteiger partial charge in [0.2, 0.25) is 0 Å². The molecule has 1 aliphatic heterocycles. The number of pyridine rings is 1. The Balaban J connectivity index is 1.68. The Hall–Kier alpha value is -2.88. The molecule has 22 heavy (non-hydrogen) atoms. The van der Waals surface area contributed by atoms with Crippen molar-refractivity contribution in [1.82, 2.24) is 19.7 Å². The van der Waals surface area contributed by atoms with Crippen molar-refractivity contribution in [2.24, 2.45) is 7.05 Å². The number of nitriles is 1. The number of hydrogen-bond donors (Lipinski definition) is 0. The third kappa shape index (κ3) is 2.63. The zero-order valence-corrected chi connectivity index (χ0v) is 12.3. The van der Waals surface area contributed by atoms with E-state index < -0.39 is 0 Å². The average Bonchev–Trinajstić information content (AvgIpc) is 3.01. The molecule has 2 aromatic rings. The maximum absolute atomic E-state index is 12.4. The van der Waals surface area contributed by atoms with Gasteiger partial charge in [-0.25, -0.2) is 4.98 Å². The summed E-state index contributed by atoms with van der Waals surface area (Å²) in [7, 11) is 1.79. The van der Waals surface area contributed by atoms with Crippen molar-refractivity contribution in [1.29, 1.82) is 5.26 Å². The molecular weight excluding hydrogens is 280 g/mol. The molecule has 112 valence electrons. The average molecular weight is 296 g/mol. The predicted octanol–water partition coefficient (Wildman–Crippen LogP) is 0.649. The Kier molecular flexibility index (Phi) is 3.74. The van der Waals surface area contributed by atoms with Crippen LogP contribution in [0.25, 0.3) is 0 Å². The van der Waals surface area contributed by atoms with E-state index in [9.17, 15) is 4.79 Å². The molecule has 1 aliphatic rings. The summed E-state index contributed by atoms with van der Waals surface area (Å²) in [6, 6.07) is 5.67. The van der Waals surface area contributed by atoms with Gasteiger partial charge in [-0.2, -0.15) is 10.4 Å². The highest BCUT2D eigenvalue weighted by atomic mass is 16.2. The lowest BCUT2D eigenvalue weighted by Gasteiger charge is -2.35. The Morgan fingerprint density at radius 1 is 1.32 bits per heavy atom. The van der Waals surface area contributed by atoms with Crippen molar-refractivity contribution >= 4 is 11.7 Å². The standard InChI is InChI=1S/C15H16N6O/c1-19-11-13(10-18-19)15(22)21-7-5-20(6-8-21)14-12(9-16)3-2-4-17-14/h2-4,10-11H,5-8H2,1H3. The minimum atomic E-state index is -0.00530. The van der Waals surface area contributed by atoms with Gasteiger partial charge >= 0.3 is 0 Å². The van der Waals surface area contributed by atoms with E-state index in [0.717, 1.165) is 0 Å². The minimum absolute atomic E-state index is 0.00530. The number of hydrogen-bond acceptors (Lipinski definition) is 5. The molecule has 0 bridgehead atoms. The fraction of sp³-hybridized carbons (Fsp3) is 0.333. The second kappa shape index (κ2) is 5.85. The molecule has 2 aromatic heterocycles. The quantitative estimate of drug-likeness (QED) is 0.813. The molecule has 0 N–H and O–H groups in total. The maximum atomic E-state index is 12.4. The Morgan fingerprint density at radius 2 is 2.09 bits per heavy atom. The van der Waals surface area contributed by atoms with E-state index in [0.29, 0.717) is 43.1 Å². The third-order valence-corrected chi connectivity index (χ3v) is 3.73. The van der Waals surface area contributed by atoms with Crippen LogP contribution in [-0.2, 0) is 7.05 Å². The molecule has 0 unspecified atom stereocenters. The highest BCUT2D eigenvalue weighted by molar-refractivity contribution is 5.93. The number of carbonyl (C=O) groups excluding carboxylic acids is 1. The highest BCUT2D eigenvalue weighted by Crippen LogP contribution is 2.18. The second-order valence-corrected chi connectivity index (χ2v) is 5.17. The lowest BCUT2D eigenvalue weighted by molar-refractivity contribution is 0.0746. The summed E-state index contributed by atoms with van der Waals surface area (Å²) in [6.07, 6.45) is 4.99. The van der Waals surface area contributed by atoms with E-state index in [2.05, 4.69) is 16.2 Å². The minimum Gasteiger partial charge on any atom is -0.352 e. The number of aryl methyl sites for hydroxylation is 1. The van der Waals surface area contributed by atoms with E-state index in [1.54, 1.807) is 42.5 Å². The van der Waals surface area contributed by atoms with Crippen LogP contribution in [0.3, 0.4) is 0 Å². The lowest BCUT2D eigenvalue weighted by atomic mass is 10.2. The van der Waals surface area contributed by atoms with Crippen molar-refractivity contribution in [3.8, 4) is 6.07 Å². The van der Waals surface area contributed by atoms with Crippen molar-refractivity contribution in [3.05, 3.63) is 41.9 Å². The molecule has 1 fully saturated rings. The first-order valence-electron chi connectivity index (χ1n) is 7.07. The number of rotatable bonds is 2. The normalized spacial score (nSPS) is 14.7. The van der Waals surface area contributed by atoms with Gasteiger partial charge in [-0.1, -0.05) is 0 Å². The molecule has 0 aromatic carbocycles. The third-order valence-electron chi connectivity index (χ3n) is 3.73. The molecule has 0 saturated carbocycles. The maximum Gasteiger partial charge on any atom is 0.257 e. The molecule has 1 saturated heterocycles. The van der Waals surface area contributed by atoms with Gasteiger partial charge in [0.1, 0.15) is 11.9 Å². The number of anilines is 1. The molecular formula is C15H16N6O. The van der Waals surface area contributed by atoms with E-state index in [-0.39, 0.29) is 5.91 Å². The van der Waals surface area contributed by atoms with Gasteiger partial charge in [0.05, 0.1) is 17.3 Å². The lowest BCUT2D eigenvalue weighted by Crippen LogP contribution is -2.49. The van der Waals surface area contributed by atoms with Crippen molar-refractivity contribution in [3.63, 3.8) is 0 Å². The molecule has 1 amide bonds. The van der Waals surface area contributed by atoms with Crippen LogP contribution in [0, 0.1) is 11.3 Å². The number of amides is 1. The van der Waals surface area contributed by atoms with Crippen LogP contribution >= 0.6 is 0 Å². The van der Waals surface area contributed by atoms with Gasteiger partial charge in [0, 0.05) is 45.6 Å². The summed E-state index contributed by atoms with van der Waals surface area (Å²) < 4.78 is 1.62.